The van der Waals surface area contributed by atoms with Gasteiger partial charge in [-0.2, -0.15) is 13.2 Å². The van der Waals surface area contributed by atoms with Gasteiger partial charge >= 0.3 is 12.1 Å². The Morgan fingerprint density at radius 2 is 2.19 bits per heavy atom. The molecular formula is C21H21ClF3N3O2S2. The largest absolute Gasteiger partial charge is 0.490 e. The quantitative estimate of drug-likeness (QED) is 0.330. The molecule has 0 radical (unpaired) electrons. The summed E-state index contributed by atoms with van der Waals surface area (Å²) in [6.07, 6.45) is -4.41. The van der Waals surface area contributed by atoms with Gasteiger partial charge in [0.05, 0.1) is 15.9 Å². The predicted octanol–water partition coefficient (Wildman–Crippen LogP) is 6.00. The first-order valence-electron chi connectivity index (χ1n) is 10.0. The maximum absolute atomic E-state index is 12.7. The van der Waals surface area contributed by atoms with Gasteiger partial charge in [0.1, 0.15) is 11.3 Å². The fourth-order valence-electron chi connectivity index (χ4n) is 4.07. The second kappa shape index (κ2) is 9.17. The number of nitrogens with one attached hydrogen (secondary N) is 1. The molecule has 32 heavy (non-hydrogen) atoms. The molecule has 1 aliphatic rings. The Bertz CT molecular complexity index is 1120. The van der Waals surface area contributed by atoms with Crippen molar-refractivity contribution >= 4 is 56.1 Å². The minimum absolute atomic E-state index is 0.238. The highest BCUT2D eigenvalue weighted by molar-refractivity contribution is 7.20. The third kappa shape index (κ3) is 4.73. The van der Waals surface area contributed by atoms with Crippen molar-refractivity contribution < 1.29 is 22.7 Å². The predicted molar refractivity (Wildman–Crippen MR) is 122 cm³/mol. The van der Waals surface area contributed by atoms with E-state index in [4.69, 9.17) is 22.1 Å². The number of pyridine rings is 1. The normalized spacial score (nSPS) is 21.6. The van der Waals surface area contributed by atoms with E-state index in [1.54, 1.807) is 17.4 Å². The Hall–Kier alpha value is -1.88. The van der Waals surface area contributed by atoms with Crippen LogP contribution in [0.5, 0.6) is 0 Å². The second-order valence-electron chi connectivity index (χ2n) is 7.75. The third-order valence-corrected chi connectivity index (χ3v) is 8.15. The highest BCUT2D eigenvalue weighted by Crippen LogP contribution is 2.44. The van der Waals surface area contributed by atoms with E-state index in [1.165, 1.54) is 16.2 Å². The number of esters is 1. The molecule has 3 aromatic heterocycles. The fraction of sp³-hybridized carbons (Fsp3) is 0.429. The molecule has 0 unspecified atom stereocenters. The number of alkyl halides is 3. The molecule has 3 N–H and O–H groups in total. The molecule has 5 nitrogen and oxygen atoms in total. The van der Waals surface area contributed by atoms with E-state index in [0.29, 0.717) is 31.0 Å². The summed E-state index contributed by atoms with van der Waals surface area (Å²) in [4.78, 5) is 17.9. The monoisotopic (exact) mass is 503 g/mol. The number of ether oxygens (including phenoxy) is 1. The molecule has 0 amide bonds. The van der Waals surface area contributed by atoms with Crippen LogP contribution in [0.4, 0.5) is 18.9 Å². The van der Waals surface area contributed by atoms with Crippen molar-refractivity contribution in [2.24, 2.45) is 5.73 Å². The highest BCUT2D eigenvalue weighted by Gasteiger charge is 2.45. The molecule has 0 spiro atoms. The van der Waals surface area contributed by atoms with Crippen molar-refractivity contribution in [2.75, 3.05) is 5.32 Å². The van der Waals surface area contributed by atoms with E-state index in [-0.39, 0.29) is 5.92 Å². The number of aryl methyl sites for hydroxylation is 1. The summed E-state index contributed by atoms with van der Waals surface area (Å²) in [6.45, 7) is 2.55. The van der Waals surface area contributed by atoms with E-state index >= 15 is 0 Å². The summed E-state index contributed by atoms with van der Waals surface area (Å²) in [5.41, 5.74) is 8.82. The van der Waals surface area contributed by atoms with Gasteiger partial charge in [0, 0.05) is 34.3 Å². The van der Waals surface area contributed by atoms with Crippen LogP contribution in [0.3, 0.4) is 0 Å². The average molecular weight is 504 g/mol. The number of aromatic nitrogens is 1. The van der Waals surface area contributed by atoms with Crippen LogP contribution in [0.15, 0.2) is 23.6 Å². The van der Waals surface area contributed by atoms with E-state index in [0.717, 1.165) is 26.3 Å². The summed E-state index contributed by atoms with van der Waals surface area (Å²) >= 11 is 9.43. The molecule has 0 saturated heterocycles. The van der Waals surface area contributed by atoms with Crippen LogP contribution in [-0.4, -0.2) is 29.3 Å². The number of carbonyl (C=O) groups is 1. The molecule has 0 aromatic carbocycles. The zero-order chi connectivity index (χ0) is 23.0. The molecule has 3 atom stereocenters. The Labute approximate surface area is 195 Å². The maximum Gasteiger partial charge on any atom is 0.490 e. The van der Waals surface area contributed by atoms with Crippen molar-refractivity contribution in [3.05, 3.63) is 44.1 Å². The van der Waals surface area contributed by atoms with Crippen molar-refractivity contribution in [1.82, 2.24) is 4.98 Å². The lowest BCUT2D eigenvalue weighted by molar-refractivity contribution is -0.207. The zero-order valence-corrected chi connectivity index (χ0v) is 19.4. The van der Waals surface area contributed by atoms with Gasteiger partial charge in [-0.25, -0.2) is 9.78 Å². The molecule has 1 aliphatic carbocycles. The number of halogens is 4. The van der Waals surface area contributed by atoms with Crippen LogP contribution in [0.1, 0.15) is 40.5 Å². The fourth-order valence-corrected chi connectivity index (χ4v) is 6.34. The first-order chi connectivity index (χ1) is 15.1. The van der Waals surface area contributed by atoms with E-state index in [1.807, 2.05) is 24.4 Å². The molecule has 1 fully saturated rings. The van der Waals surface area contributed by atoms with Gasteiger partial charge in [-0.15, -0.1) is 22.7 Å². The van der Waals surface area contributed by atoms with Gasteiger partial charge < -0.3 is 15.8 Å². The molecule has 4 rings (SSSR count). The lowest BCUT2D eigenvalue weighted by Crippen LogP contribution is -2.47. The van der Waals surface area contributed by atoms with Crippen molar-refractivity contribution in [2.45, 2.75) is 57.0 Å². The second-order valence-corrected chi connectivity index (χ2v) is 10.2. The summed E-state index contributed by atoms with van der Waals surface area (Å²) in [5, 5.41) is 5.76. The number of anilines is 1. The van der Waals surface area contributed by atoms with Crippen molar-refractivity contribution in [3.8, 4) is 0 Å². The summed E-state index contributed by atoms with van der Waals surface area (Å²) in [6, 6.07) is 5.05. The van der Waals surface area contributed by atoms with Gasteiger partial charge in [0.25, 0.3) is 0 Å². The number of hydrogen-bond acceptors (Lipinski definition) is 7. The van der Waals surface area contributed by atoms with Crippen LogP contribution >= 0.6 is 34.3 Å². The van der Waals surface area contributed by atoms with Crippen LogP contribution in [0, 0.1) is 6.92 Å². The average Bonchev–Trinajstić information content (AvgIpc) is 3.36. The third-order valence-electron chi connectivity index (χ3n) is 5.64. The highest BCUT2D eigenvalue weighted by atomic mass is 35.5. The molecule has 3 aromatic rings. The van der Waals surface area contributed by atoms with Gasteiger partial charge in [-0.05, 0) is 43.2 Å². The number of nitrogens with two attached hydrogens (primary N) is 1. The number of rotatable bonds is 5. The smallest absolute Gasteiger partial charge is 0.454 e. The summed E-state index contributed by atoms with van der Waals surface area (Å²) in [5.74, 6) is -2.43. The molecule has 1 saturated carbocycles. The van der Waals surface area contributed by atoms with Crippen LogP contribution in [0.2, 0.25) is 5.15 Å². The number of carbonyl (C=O) groups excluding carboxylic acids is 1. The minimum Gasteiger partial charge on any atom is -0.454 e. The van der Waals surface area contributed by atoms with Gasteiger partial charge in [-0.1, -0.05) is 17.7 Å². The van der Waals surface area contributed by atoms with E-state index in [2.05, 4.69) is 10.3 Å². The zero-order valence-electron chi connectivity index (χ0n) is 17.0. The van der Waals surface area contributed by atoms with Crippen LogP contribution in [-0.2, 0) is 16.1 Å². The standard InChI is InChI=1S/C21H21ClF3N3O2S2/c1-10-17-19(13(8-15(22)28-17)27-9-11-4-3-7-31-11)32-18(10)12-5-2-6-14(16(12)26)30-20(29)21(23,24)25/h3-4,7-8,12,14,16H,2,5-6,9,26H2,1H3,(H,27,28)/t12-,14-,16+/m1/s1. The Morgan fingerprint density at radius 3 is 2.88 bits per heavy atom. The first-order valence-corrected chi connectivity index (χ1v) is 12.1. The Morgan fingerprint density at radius 1 is 1.41 bits per heavy atom. The minimum atomic E-state index is -5.04. The summed E-state index contributed by atoms with van der Waals surface area (Å²) < 4.78 is 43.7. The topological polar surface area (TPSA) is 77.2 Å². The van der Waals surface area contributed by atoms with Gasteiger partial charge in [-0.3, -0.25) is 0 Å². The van der Waals surface area contributed by atoms with Crippen molar-refractivity contribution in [1.29, 1.82) is 0 Å². The summed E-state index contributed by atoms with van der Waals surface area (Å²) in [7, 11) is 0. The lowest BCUT2D eigenvalue weighted by Gasteiger charge is -2.35. The van der Waals surface area contributed by atoms with Gasteiger partial charge in [0.2, 0.25) is 0 Å². The SMILES string of the molecule is Cc1c([C@@H]2CCC[C@@H](OC(=O)C(F)(F)F)[C@H]2N)sc2c(NCc3cccs3)cc(Cl)nc12. The lowest BCUT2D eigenvalue weighted by atomic mass is 9.81. The molecule has 0 aliphatic heterocycles. The molecular weight excluding hydrogens is 483 g/mol. The molecule has 0 bridgehead atoms. The van der Waals surface area contributed by atoms with E-state index < -0.39 is 24.3 Å². The molecule has 11 heteroatoms. The van der Waals surface area contributed by atoms with Crippen molar-refractivity contribution in [3.63, 3.8) is 0 Å². The van der Waals surface area contributed by atoms with E-state index in [9.17, 15) is 18.0 Å². The number of nitrogens with zero attached hydrogens (tertiary/aromatic N) is 1. The number of thiophene rings is 2. The first kappa shape index (κ1) is 23.3. The van der Waals surface area contributed by atoms with Crippen LogP contribution in [0.25, 0.3) is 10.2 Å². The number of fused-ring (bicyclic) bond motifs is 1. The van der Waals surface area contributed by atoms with Crippen LogP contribution < -0.4 is 11.1 Å². The number of hydrogen-bond donors (Lipinski definition) is 2. The molecule has 172 valence electrons. The Balaban J connectivity index is 1.63. The maximum atomic E-state index is 12.7. The van der Waals surface area contributed by atoms with Gasteiger partial charge in [0.15, 0.2) is 0 Å². The molecule has 3 heterocycles. The Kier molecular flexibility index (Phi) is 6.67.